The maximum Gasteiger partial charge on any atom is 0.0101 e. The van der Waals surface area contributed by atoms with Crippen molar-refractivity contribution in [2.45, 2.75) is 203 Å². The summed E-state index contributed by atoms with van der Waals surface area (Å²) in [5, 5.41) is 0. The summed E-state index contributed by atoms with van der Waals surface area (Å²) in [7, 11) is 0. The molecular weight excluding hydrogens is 524 g/mol. The van der Waals surface area contributed by atoms with E-state index in [1.807, 2.05) is 0 Å². The second-order valence-corrected chi connectivity index (χ2v) is 15.7. The zero-order valence-corrected chi connectivity index (χ0v) is 29.3. The van der Waals surface area contributed by atoms with Crippen LogP contribution >= 0.6 is 0 Å². The minimum Gasteiger partial charge on any atom is -0.301 e. The third-order valence-electron chi connectivity index (χ3n) is 11.2. The van der Waals surface area contributed by atoms with E-state index in [1.165, 1.54) is 136 Å². The second kappa shape index (κ2) is 21.6. The summed E-state index contributed by atoms with van der Waals surface area (Å²) in [6, 6.07) is 5.00. The highest BCUT2D eigenvalue weighted by atomic mass is 15.2. The lowest BCUT2D eigenvalue weighted by molar-refractivity contribution is 0.104. The van der Waals surface area contributed by atoms with E-state index >= 15 is 0 Å². The molecule has 43 heavy (non-hydrogen) atoms. The average Bonchev–Trinajstić information content (AvgIpc) is 3.27. The number of hydrogen-bond acceptors (Lipinski definition) is 4. The monoisotopic (exact) mass is 607 g/mol. The zero-order chi connectivity index (χ0) is 29.8. The molecule has 1 aliphatic carbocycles. The van der Waals surface area contributed by atoms with Crippen molar-refractivity contribution < 1.29 is 0 Å². The van der Waals surface area contributed by atoms with Gasteiger partial charge in [0.25, 0.3) is 0 Å². The molecule has 5 saturated heterocycles. The van der Waals surface area contributed by atoms with Crippen LogP contribution in [0.4, 0.5) is 0 Å². The minimum absolute atomic E-state index is 0. The molecule has 4 unspecified atom stereocenters. The molecule has 6 aliphatic rings. The number of rotatable bonds is 4. The van der Waals surface area contributed by atoms with Crippen LogP contribution in [0, 0.1) is 11.8 Å². The van der Waals surface area contributed by atoms with Gasteiger partial charge in [0.15, 0.2) is 0 Å². The molecule has 0 aromatic carbocycles. The lowest BCUT2D eigenvalue weighted by Gasteiger charge is -2.37. The molecule has 4 atom stereocenters. The van der Waals surface area contributed by atoms with E-state index in [0.717, 1.165) is 48.1 Å². The lowest BCUT2D eigenvalue weighted by atomic mass is 9.98. The highest BCUT2D eigenvalue weighted by Crippen LogP contribution is 2.37. The number of hydrogen-bond donors (Lipinski definition) is 0. The van der Waals surface area contributed by atoms with Gasteiger partial charge in [0, 0.05) is 49.3 Å². The topological polar surface area (TPSA) is 13.0 Å². The highest BCUT2D eigenvalue weighted by molar-refractivity contribution is 4.93. The summed E-state index contributed by atoms with van der Waals surface area (Å²) < 4.78 is 0. The van der Waals surface area contributed by atoms with Crippen molar-refractivity contribution >= 4 is 0 Å². The molecule has 6 rings (SSSR count). The summed E-state index contributed by atoms with van der Waals surface area (Å²) in [5.41, 5.74) is 0. The predicted octanol–water partition coefficient (Wildman–Crippen LogP) is 9.96. The van der Waals surface area contributed by atoms with Crippen molar-refractivity contribution in [1.29, 1.82) is 0 Å². The molecule has 0 radical (unpaired) electrons. The van der Waals surface area contributed by atoms with Gasteiger partial charge in [-0.3, -0.25) is 4.90 Å². The maximum atomic E-state index is 2.75. The summed E-state index contributed by atoms with van der Waals surface area (Å²) >= 11 is 0. The van der Waals surface area contributed by atoms with E-state index in [4.69, 9.17) is 0 Å². The predicted molar refractivity (Wildman–Crippen MR) is 194 cm³/mol. The van der Waals surface area contributed by atoms with Crippen molar-refractivity contribution in [3.63, 3.8) is 0 Å². The van der Waals surface area contributed by atoms with Crippen molar-refractivity contribution in [3.8, 4) is 0 Å². The second-order valence-electron chi connectivity index (χ2n) is 15.7. The van der Waals surface area contributed by atoms with Crippen molar-refractivity contribution in [2.75, 3.05) is 39.3 Å². The van der Waals surface area contributed by atoms with E-state index in [0.29, 0.717) is 0 Å². The smallest absolute Gasteiger partial charge is 0.0101 e. The molecule has 5 aliphatic heterocycles. The average molecular weight is 607 g/mol. The molecule has 6 fully saturated rings. The number of likely N-dealkylation sites (tertiary alicyclic amines) is 3. The molecule has 0 spiro atoms. The number of nitrogens with zero attached hydrogens (tertiary/aromatic N) is 4. The van der Waals surface area contributed by atoms with Gasteiger partial charge in [0.1, 0.15) is 0 Å². The molecule has 1 saturated carbocycles. The summed E-state index contributed by atoms with van der Waals surface area (Å²) in [4.78, 5) is 10.6. The molecule has 0 N–H and O–H groups in total. The van der Waals surface area contributed by atoms with Crippen LogP contribution in [0.5, 0.6) is 0 Å². The largest absolute Gasteiger partial charge is 0.301 e. The summed E-state index contributed by atoms with van der Waals surface area (Å²) in [6.07, 6.45) is 21.9. The molecular formula is C39H82N4. The van der Waals surface area contributed by atoms with Gasteiger partial charge in [-0.05, 0) is 164 Å². The normalized spacial score (nSPS) is 29.9. The van der Waals surface area contributed by atoms with Crippen LogP contribution in [0.2, 0.25) is 0 Å². The zero-order valence-electron chi connectivity index (χ0n) is 29.3. The van der Waals surface area contributed by atoms with Crippen LogP contribution in [-0.4, -0.2) is 95.1 Å². The minimum atomic E-state index is 0. The first kappa shape index (κ1) is 40.9. The summed E-state index contributed by atoms with van der Waals surface area (Å²) in [5.74, 6) is 2.10. The van der Waals surface area contributed by atoms with E-state index in [2.05, 4.69) is 75.0 Å². The van der Waals surface area contributed by atoms with Crippen LogP contribution in [0.1, 0.15) is 167 Å². The Balaban J connectivity index is 0.000000283. The van der Waals surface area contributed by atoms with Crippen LogP contribution < -0.4 is 0 Å². The lowest BCUT2D eigenvalue weighted by Crippen LogP contribution is -2.43. The van der Waals surface area contributed by atoms with Crippen LogP contribution in [0.25, 0.3) is 0 Å². The standard InChI is InChI=1S/2C10H19N.C9H19N.C8H17N.2CH4/c1-8(2)11-6-9-3-4-10(5-9)7-11;1-8(2)11-9-4-3-5-10(11)7-6-9;1-9(2)10-7-5-3-4-6-8-10;1-8(2)9-6-4-3-5-7-9;;/h2*8-10H,3-7H2,1-2H3;9H,3-8H2,1-2H3;8H,3-7H2,1-2H3;2*1H4. The highest BCUT2D eigenvalue weighted by Gasteiger charge is 2.37. The molecule has 0 aromatic rings. The fraction of sp³-hybridized carbons (Fsp3) is 1.00. The van der Waals surface area contributed by atoms with Crippen LogP contribution in [0.15, 0.2) is 0 Å². The van der Waals surface area contributed by atoms with Gasteiger partial charge in [-0.1, -0.05) is 40.5 Å². The molecule has 0 aromatic heterocycles. The molecule has 4 nitrogen and oxygen atoms in total. The van der Waals surface area contributed by atoms with Gasteiger partial charge < -0.3 is 14.7 Å². The first-order valence-corrected chi connectivity index (χ1v) is 18.6. The Morgan fingerprint density at radius 1 is 0.395 bits per heavy atom. The Bertz CT molecular complexity index is 634. The fourth-order valence-electron chi connectivity index (χ4n) is 8.72. The number of fused-ring (bicyclic) bond motifs is 4. The Morgan fingerprint density at radius 3 is 1.09 bits per heavy atom. The van der Waals surface area contributed by atoms with E-state index < -0.39 is 0 Å². The van der Waals surface area contributed by atoms with Crippen molar-refractivity contribution in [3.05, 3.63) is 0 Å². The summed E-state index contributed by atoms with van der Waals surface area (Å²) in [6.45, 7) is 26.6. The SMILES string of the molecule is C.C.CC(C)N1C2CCCC1CC2.CC(C)N1CC2CCC(C2)C1.CC(C)N1CCCCC1.CC(C)N1CCCCCC1. The third-order valence-corrected chi connectivity index (χ3v) is 11.2. The van der Waals surface area contributed by atoms with Gasteiger partial charge in [0.2, 0.25) is 0 Å². The van der Waals surface area contributed by atoms with Gasteiger partial charge >= 0.3 is 0 Å². The molecule has 5 heterocycles. The van der Waals surface area contributed by atoms with Gasteiger partial charge in [-0.15, -0.1) is 0 Å². The maximum absolute atomic E-state index is 2.75. The molecule has 0 amide bonds. The fourth-order valence-corrected chi connectivity index (χ4v) is 8.72. The molecule has 4 bridgehead atoms. The first-order chi connectivity index (χ1) is 19.7. The van der Waals surface area contributed by atoms with Gasteiger partial charge in [-0.25, -0.2) is 0 Å². The van der Waals surface area contributed by atoms with Crippen molar-refractivity contribution in [2.24, 2.45) is 11.8 Å². The Hall–Kier alpha value is -0.160. The Labute approximate surface area is 273 Å². The number of piperidine rings is 3. The van der Waals surface area contributed by atoms with Crippen molar-refractivity contribution in [1.82, 2.24) is 19.6 Å². The molecule has 4 heteroatoms. The Morgan fingerprint density at radius 2 is 0.767 bits per heavy atom. The molecule has 258 valence electrons. The van der Waals surface area contributed by atoms with Gasteiger partial charge in [0.05, 0.1) is 0 Å². The Kier molecular flexibility index (Phi) is 20.5. The van der Waals surface area contributed by atoms with E-state index in [1.54, 1.807) is 0 Å². The first-order valence-electron chi connectivity index (χ1n) is 18.6. The van der Waals surface area contributed by atoms with Crippen LogP contribution in [-0.2, 0) is 0 Å². The van der Waals surface area contributed by atoms with E-state index in [9.17, 15) is 0 Å². The van der Waals surface area contributed by atoms with Gasteiger partial charge in [-0.2, -0.15) is 0 Å². The quantitative estimate of drug-likeness (QED) is 0.316. The van der Waals surface area contributed by atoms with E-state index in [-0.39, 0.29) is 14.9 Å². The van der Waals surface area contributed by atoms with Crippen LogP contribution in [0.3, 0.4) is 0 Å². The third kappa shape index (κ3) is 14.0.